The number of nitro benzene ring substituents is 1. The maximum absolute atomic E-state index is 14.2. The summed E-state index contributed by atoms with van der Waals surface area (Å²) in [5.41, 5.74) is 1.59. The van der Waals surface area contributed by atoms with Crippen molar-refractivity contribution in [2.75, 3.05) is 0 Å². The standard InChI is InChI=1S/C28H21NO7S/c1-18-9-15-22(16-10-18)37(33,34)28-24(19-11-13-21(14-12-19)29(31)32)27(25(30)23-8-5-17-35-23)36-26(28)20-6-3-2-4-7-20/h2-17,24,27H,1H3/t24-,27+/m1/s1. The molecule has 0 saturated heterocycles. The second-order valence-corrected chi connectivity index (χ2v) is 10.5. The maximum Gasteiger partial charge on any atom is 0.269 e. The summed E-state index contributed by atoms with van der Waals surface area (Å²) in [5, 5.41) is 11.2. The minimum absolute atomic E-state index is 0.0123. The highest BCUT2D eigenvalue weighted by molar-refractivity contribution is 7.95. The number of nitrogens with zero attached hydrogens (tertiary/aromatic N) is 1. The molecule has 4 aromatic rings. The van der Waals surface area contributed by atoms with E-state index in [1.807, 2.05) is 6.92 Å². The van der Waals surface area contributed by atoms with Crippen LogP contribution in [0.3, 0.4) is 0 Å². The lowest BCUT2D eigenvalue weighted by molar-refractivity contribution is -0.384. The number of hydrogen-bond acceptors (Lipinski definition) is 7. The Hall–Kier alpha value is -4.50. The fourth-order valence-electron chi connectivity index (χ4n) is 4.36. The van der Waals surface area contributed by atoms with Gasteiger partial charge in [-0.2, -0.15) is 0 Å². The van der Waals surface area contributed by atoms with Crippen LogP contribution in [0, 0.1) is 17.0 Å². The number of rotatable bonds is 7. The average molecular weight is 516 g/mol. The summed E-state index contributed by atoms with van der Waals surface area (Å²) < 4.78 is 39.8. The summed E-state index contributed by atoms with van der Waals surface area (Å²) >= 11 is 0. The van der Waals surface area contributed by atoms with Gasteiger partial charge in [0.2, 0.25) is 15.6 Å². The van der Waals surface area contributed by atoms with Gasteiger partial charge in [-0.25, -0.2) is 8.42 Å². The molecule has 1 aliphatic rings. The van der Waals surface area contributed by atoms with E-state index in [2.05, 4.69) is 0 Å². The number of Topliss-reactive ketones (excluding diaryl/α,β-unsaturated/α-hetero) is 1. The highest BCUT2D eigenvalue weighted by atomic mass is 32.2. The van der Waals surface area contributed by atoms with Crippen LogP contribution in [-0.4, -0.2) is 25.2 Å². The third kappa shape index (κ3) is 4.45. The van der Waals surface area contributed by atoms with Crippen LogP contribution in [-0.2, 0) is 14.6 Å². The third-order valence-corrected chi connectivity index (χ3v) is 8.11. The van der Waals surface area contributed by atoms with Crippen molar-refractivity contribution in [2.24, 2.45) is 0 Å². The molecular formula is C28H21NO7S. The second kappa shape index (κ2) is 9.51. The van der Waals surface area contributed by atoms with E-state index >= 15 is 0 Å². The number of nitro groups is 1. The fraction of sp³-hybridized carbons (Fsp3) is 0.107. The SMILES string of the molecule is Cc1ccc(S(=O)(=O)C2=C(c3ccccc3)O[C@H](C(=O)c3ccco3)[C@H]2c2ccc([N+](=O)[O-])cc2)cc1. The lowest BCUT2D eigenvalue weighted by Crippen LogP contribution is -2.28. The number of hydrogen-bond donors (Lipinski definition) is 0. The zero-order valence-electron chi connectivity index (χ0n) is 19.6. The zero-order valence-corrected chi connectivity index (χ0v) is 20.4. The number of carbonyl (C=O) groups is 1. The lowest BCUT2D eigenvalue weighted by Gasteiger charge is -2.20. The maximum atomic E-state index is 14.2. The first-order valence-electron chi connectivity index (χ1n) is 11.4. The zero-order chi connectivity index (χ0) is 26.2. The van der Waals surface area contributed by atoms with Gasteiger partial charge in [-0.05, 0) is 36.8 Å². The number of carbonyl (C=O) groups excluding carboxylic acids is 1. The predicted octanol–water partition coefficient (Wildman–Crippen LogP) is 5.70. The van der Waals surface area contributed by atoms with E-state index in [0.717, 1.165) is 5.56 Å². The quantitative estimate of drug-likeness (QED) is 0.176. The van der Waals surface area contributed by atoms with Crippen molar-refractivity contribution >= 4 is 27.1 Å². The molecule has 2 atom stereocenters. The van der Waals surface area contributed by atoms with Crippen molar-refractivity contribution in [2.45, 2.75) is 23.8 Å². The Kier molecular flexibility index (Phi) is 6.22. The number of aryl methyl sites for hydroxylation is 1. The number of furan rings is 1. The Bertz CT molecular complexity index is 1590. The van der Waals surface area contributed by atoms with E-state index in [4.69, 9.17) is 9.15 Å². The molecule has 8 nitrogen and oxygen atoms in total. The van der Waals surface area contributed by atoms with Crippen LogP contribution < -0.4 is 0 Å². The number of sulfone groups is 1. The molecule has 0 saturated carbocycles. The summed E-state index contributed by atoms with van der Waals surface area (Å²) in [7, 11) is -4.17. The van der Waals surface area contributed by atoms with Gasteiger partial charge in [-0.3, -0.25) is 14.9 Å². The van der Waals surface area contributed by atoms with Crippen molar-refractivity contribution in [3.05, 3.63) is 135 Å². The predicted molar refractivity (Wildman–Crippen MR) is 135 cm³/mol. The molecule has 37 heavy (non-hydrogen) atoms. The van der Waals surface area contributed by atoms with Crippen molar-refractivity contribution in [1.29, 1.82) is 0 Å². The molecule has 5 rings (SSSR count). The van der Waals surface area contributed by atoms with Crippen LogP contribution in [0.4, 0.5) is 5.69 Å². The molecule has 1 aliphatic heterocycles. The van der Waals surface area contributed by atoms with E-state index in [0.29, 0.717) is 11.1 Å². The number of benzene rings is 3. The summed E-state index contributed by atoms with van der Waals surface area (Å²) in [4.78, 5) is 24.2. The van der Waals surface area contributed by atoms with Gasteiger partial charge in [-0.15, -0.1) is 0 Å². The van der Waals surface area contributed by atoms with Crippen molar-refractivity contribution in [3.8, 4) is 0 Å². The van der Waals surface area contributed by atoms with Gasteiger partial charge in [0.25, 0.3) is 5.69 Å². The second-order valence-electron chi connectivity index (χ2n) is 8.58. The molecule has 0 spiro atoms. The van der Waals surface area contributed by atoms with Gasteiger partial charge < -0.3 is 9.15 Å². The Morgan fingerprint density at radius 3 is 2.16 bits per heavy atom. The molecule has 186 valence electrons. The Morgan fingerprint density at radius 2 is 1.57 bits per heavy atom. The highest BCUT2D eigenvalue weighted by Crippen LogP contribution is 2.48. The molecule has 2 heterocycles. The molecule has 0 fully saturated rings. The van der Waals surface area contributed by atoms with Crippen molar-refractivity contribution in [3.63, 3.8) is 0 Å². The van der Waals surface area contributed by atoms with Gasteiger partial charge in [0, 0.05) is 17.7 Å². The van der Waals surface area contributed by atoms with Crippen LogP contribution in [0.1, 0.15) is 33.2 Å². The molecule has 0 aliphatic carbocycles. The normalized spacial score (nSPS) is 17.4. The molecule has 1 aromatic heterocycles. The first-order valence-corrected chi connectivity index (χ1v) is 12.9. The number of non-ortho nitro benzene ring substituents is 1. The first kappa shape index (κ1) is 24.2. The van der Waals surface area contributed by atoms with Gasteiger partial charge in [-0.1, -0.05) is 60.2 Å². The van der Waals surface area contributed by atoms with E-state index in [9.17, 15) is 23.3 Å². The van der Waals surface area contributed by atoms with Gasteiger partial charge in [0.1, 0.15) is 10.7 Å². The minimum Gasteiger partial charge on any atom is -0.479 e. The summed E-state index contributed by atoms with van der Waals surface area (Å²) in [6.07, 6.45) is 0.0662. The van der Waals surface area contributed by atoms with Crippen LogP contribution in [0.5, 0.6) is 0 Å². The summed E-state index contributed by atoms with van der Waals surface area (Å²) in [6.45, 7) is 1.85. The molecule has 9 heteroatoms. The average Bonchev–Trinajstić information content (AvgIpc) is 3.58. The molecule has 0 bridgehead atoms. The highest BCUT2D eigenvalue weighted by Gasteiger charge is 2.49. The van der Waals surface area contributed by atoms with E-state index in [-0.39, 0.29) is 27.0 Å². The van der Waals surface area contributed by atoms with Gasteiger partial charge in [0.05, 0.1) is 22.0 Å². The van der Waals surface area contributed by atoms with Crippen molar-refractivity contribution in [1.82, 2.24) is 0 Å². The minimum atomic E-state index is -4.17. The Morgan fingerprint density at radius 1 is 0.892 bits per heavy atom. The summed E-state index contributed by atoms with van der Waals surface area (Å²) in [5.74, 6) is -1.57. The Balaban J connectivity index is 1.76. The van der Waals surface area contributed by atoms with E-state index in [1.165, 1.54) is 48.7 Å². The van der Waals surface area contributed by atoms with Crippen LogP contribution >= 0.6 is 0 Å². The van der Waals surface area contributed by atoms with Crippen LogP contribution in [0.15, 0.2) is 111 Å². The molecule has 3 aromatic carbocycles. The van der Waals surface area contributed by atoms with Gasteiger partial charge in [0.15, 0.2) is 11.9 Å². The smallest absolute Gasteiger partial charge is 0.269 e. The molecule has 0 radical (unpaired) electrons. The topological polar surface area (TPSA) is 117 Å². The summed E-state index contributed by atoms with van der Waals surface area (Å²) in [6, 6.07) is 23.6. The molecular weight excluding hydrogens is 494 g/mol. The monoisotopic (exact) mass is 515 g/mol. The molecule has 0 unspecified atom stereocenters. The van der Waals surface area contributed by atoms with E-state index in [1.54, 1.807) is 48.5 Å². The Labute approximate surface area is 212 Å². The lowest BCUT2D eigenvalue weighted by atomic mass is 9.90. The van der Waals surface area contributed by atoms with E-state index < -0.39 is 32.6 Å². The van der Waals surface area contributed by atoms with Gasteiger partial charge >= 0.3 is 0 Å². The van der Waals surface area contributed by atoms with Crippen LogP contribution in [0.25, 0.3) is 5.76 Å². The first-order chi connectivity index (χ1) is 17.8. The largest absolute Gasteiger partial charge is 0.479 e. The number of ether oxygens (including phenoxy) is 1. The van der Waals surface area contributed by atoms with Crippen molar-refractivity contribution < 1.29 is 27.3 Å². The molecule has 0 N–H and O–H groups in total. The third-order valence-electron chi connectivity index (χ3n) is 6.20. The fourth-order valence-corrected chi connectivity index (χ4v) is 6.11. The number of ketones is 1. The van der Waals surface area contributed by atoms with Crippen LogP contribution in [0.2, 0.25) is 0 Å². The molecule has 0 amide bonds.